The summed E-state index contributed by atoms with van der Waals surface area (Å²) in [5, 5.41) is 0. The van der Waals surface area contributed by atoms with Gasteiger partial charge in [-0.15, -0.1) is 0 Å². The van der Waals surface area contributed by atoms with Gasteiger partial charge < -0.3 is 14.4 Å². The fourth-order valence-electron chi connectivity index (χ4n) is 3.39. The Kier molecular flexibility index (Phi) is 3.94. The molecule has 21 heavy (non-hydrogen) atoms. The minimum Gasteiger partial charge on any atom is -0.493 e. The molecule has 1 aliphatic carbocycles. The Balaban J connectivity index is 2.02. The largest absolute Gasteiger partial charge is 0.493 e. The lowest BCUT2D eigenvalue weighted by Gasteiger charge is -2.24. The SMILES string of the molecule is CCN(C)Cc1ccc(OC)c2c1C1C=CC(C)CC1O2. The van der Waals surface area contributed by atoms with Crippen molar-refractivity contribution in [1.29, 1.82) is 0 Å². The average molecular weight is 287 g/mol. The highest BCUT2D eigenvalue weighted by Gasteiger charge is 2.39. The van der Waals surface area contributed by atoms with Crippen molar-refractivity contribution in [3.8, 4) is 11.5 Å². The fourth-order valence-corrected chi connectivity index (χ4v) is 3.39. The molecule has 0 saturated carbocycles. The summed E-state index contributed by atoms with van der Waals surface area (Å²) in [5.41, 5.74) is 2.70. The molecule has 3 atom stereocenters. The van der Waals surface area contributed by atoms with E-state index >= 15 is 0 Å². The minimum absolute atomic E-state index is 0.266. The van der Waals surface area contributed by atoms with Crippen LogP contribution in [0.3, 0.4) is 0 Å². The van der Waals surface area contributed by atoms with Crippen LogP contribution < -0.4 is 9.47 Å². The molecule has 0 N–H and O–H groups in total. The molecule has 0 bridgehead atoms. The van der Waals surface area contributed by atoms with E-state index in [4.69, 9.17) is 9.47 Å². The first-order chi connectivity index (χ1) is 10.1. The second kappa shape index (κ2) is 5.72. The quantitative estimate of drug-likeness (QED) is 0.790. The zero-order valence-electron chi connectivity index (χ0n) is 13.4. The Morgan fingerprint density at radius 2 is 2.14 bits per heavy atom. The van der Waals surface area contributed by atoms with Crippen molar-refractivity contribution >= 4 is 0 Å². The van der Waals surface area contributed by atoms with Gasteiger partial charge in [0.2, 0.25) is 0 Å². The van der Waals surface area contributed by atoms with Crippen molar-refractivity contribution in [2.45, 2.75) is 38.8 Å². The third-order valence-electron chi connectivity index (χ3n) is 4.70. The standard InChI is InChI=1S/C18H25NO2/c1-5-19(3)11-13-7-9-15(20-4)18-17(13)14-8-6-12(2)10-16(14)21-18/h6-9,12,14,16H,5,10-11H2,1-4H3. The van der Waals surface area contributed by atoms with Crippen LogP contribution in [0.2, 0.25) is 0 Å². The first-order valence-electron chi connectivity index (χ1n) is 7.87. The van der Waals surface area contributed by atoms with E-state index in [1.165, 1.54) is 11.1 Å². The number of rotatable bonds is 4. The Hall–Kier alpha value is -1.48. The molecule has 2 aliphatic rings. The van der Waals surface area contributed by atoms with Crippen LogP contribution in [0, 0.1) is 5.92 Å². The first kappa shape index (κ1) is 14.5. The number of hydrogen-bond donors (Lipinski definition) is 0. The van der Waals surface area contributed by atoms with Crippen molar-refractivity contribution in [3.63, 3.8) is 0 Å². The second-order valence-corrected chi connectivity index (χ2v) is 6.28. The zero-order chi connectivity index (χ0) is 15.0. The maximum absolute atomic E-state index is 6.26. The molecular formula is C18H25NO2. The minimum atomic E-state index is 0.266. The van der Waals surface area contributed by atoms with E-state index < -0.39 is 0 Å². The summed E-state index contributed by atoms with van der Waals surface area (Å²) in [6.07, 6.45) is 6.01. The number of nitrogens with zero attached hydrogens (tertiary/aromatic N) is 1. The Morgan fingerprint density at radius 1 is 1.33 bits per heavy atom. The molecule has 3 unspecified atom stereocenters. The Labute approximate surface area is 127 Å². The van der Waals surface area contributed by atoms with Gasteiger partial charge in [0, 0.05) is 18.0 Å². The number of fused-ring (bicyclic) bond motifs is 3. The normalized spacial score (nSPS) is 26.4. The third kappa shape index (κ3) is 2.55. The van der Waals surface area contributed by atoms with Gasteiger partial charge in [-0.3, -0.25) is 0 Å². The molecule has 1 aromatic rings. The predicted molar refractivity (Wildman–Crippen MR) is 85.1 cm³/mol. The van der Waals surface area contributed by atoms with Gasteiger partial charge in [0.25, 0.3) is 0 Å². The van der Waals surface area contributed by atoms with E-state index in [1.54, 1.807) is 7.11 Å². The highest BCUT2D eigenvalue weighted by atomic mass is 16.5. The topological polar surface area (TPSA) is 21.7 Å². The number of allylic oxidation sites excluding steroid dienone is 1. The number of methoxy groups -OCH3 is 1. The van der Waals surface area contributed by atoms with Crippen molar-refractivity contribution in [3.05, 3.63) is 35.4 Å². The molecule has 0 amide bonds. The first-order valence-corrected chi connectivity index (χ1v) is 7.87. The fraction of sp³-hybridized carbons (Fsp3) is 0.556. The van der Waals surface area contributed by atoms with Gasteiger partial charge in [-0.1, -0.05) is 32.1 Å². The van der Waals surface area contributed by atoms with E-state index in [9.17, 15) is 0 Å². The van der Waals surface area contributed by atoms with Crippen molar-refractivity contribution in [1.82, 2.24) is 4.90 Å². The summed E-state index contributed by atoms with van der Waals surface area (Å²) in [6.45, 7) is 6.44. The molecule has 114 valence electrons. The van der Waals surface area contributed by atoms with Crippen LogP contribution in [0.1, 0.15) is 37.3 Å². The lowest BCUT2D eigenvalue weighted by molar-refractivity contribution is 0.182. The van der Waals surface area contributed by atoms with E-state index in [2.05, 4.69) is 44.0 Å². The molecule has 1 heterocycles. The molecule has 0 saturated heterocycles. The van der Waals surface area contributed by atoms with Gasteiger partial charge in [0.05, 0.1) is 7.11 Å². The summed E-state index contributed by atoms with van der Waals surface area (Å²) in [5.74, 6) is 2.80. The van der Waals surface area contributed by atoms with Gasteiger partial charge in [0.1, 0.15) is 6.10 Å². The van der Waals surface area contributed by atoms with Crippen LogP contribution in [0.5, 0.6) is 11.5 Å². The molecule has 0 spiro atoms. The Morgan fingerprint density at radius 3 is 2.86 bits per heavy atom. The lowest BCUT2D eigenvalue weighted by atomic mass is 9.82. The maximum Gasteiger partial charge on any atom is 0.165 e. The summed E-state index contributed by atoms with van der Waals surface area (Å²) >= 11 is 0. The molecule has 0 aromatic heterocycles. The van der Waals surface area contributed by atoms with Gasteiger partial charge in [-0.25, -0.2) is 0 Å². The van der Waals surface area contributed by atoms with Gasteiger partial charge in [0.15, 0.2) is 11.5 Å². The van der Waals surface area contributed by atoms with Crippen molar-refractivity contribution in [2.24, 2.45) is 5.92 Å². The molecule has 1 aromatic carbocycles. The molecular weight excluding hydrogens is 262 g/mol. The lowest BCUT2D eigenvalue weighted by Crippen LogP contribution is -2.24. The van der Waals surface area contributed by atoms with Crippen LogP contribution in [0.4, 0.5) is 0 Å². The number of ether oxygens (including phenoxy) is 2. The van der Waals surface area contributed by atoms with Crippen LogP contribution >= 0.6 is 0 Å². The summed E-state index contributed by atoms with van der Waals surface area (Å²) in [6, 6.07) is 4.24. The van der Waals surface area contributed by atoms with Crippen LogP contribution in [0.25, 0.3) is 0 Å². The monoisotopic (exact) mass is 287 g/mol. The van der Waals surface area contributed by atoms with Crippen molar-refractivity contribution in [2.75, 3.05) is 20.7 Å². The molecule has 0 fully saturated rings. The number of hydrogen-bond acceptors (Lipinski definition) is 3. The van der Waals surface area contributed by atoms with E-state index in [-0.39, 0.29) is 6.10 Å². The molecule has 0 radical (unpaired) electrons. The molecule has 3 heteroatoms. The maximum atomic E-state index is 6.26. The Bertz CT molecular complexity index is 552. The van der Waals surface area contributed by atoms with Crippen LogP contribution in [-0.2, 0) is 6.54 Å². The summed E-state index contributed by atoms with van der Waals surface area (Å²) in [7, 11) is 3.87. The van der Waals surface area contributed by atoms with E-state index in [0.717, 1.165) is 31.0 Å². The van der Waals surface area contributed by atoms with Crippen LogP contribution in [-0.4, -0.2) is 31.7 Å². The molecule has 3 nitrogen and oxygen atoms in total. The van der Waals surface area contributed by atoms with Crippen molar-refractivity contribution < 1.29 is 9.47 Å². The van der Waals surface area contributed by atoms with Gasteiger partial charge in [-0.2, -0.15) is 0 Å². The molecule has 3 rings (SSSR count). The van der Waals surface area contributed by atoms with E-state index in [0.29, 0.717) is 11.8 Å². The highest BCUT2D eigenvalue weighted by Crippen LogP contribution is 2.50. The summed E-state index contributed by atoms with van der Waals surface area (Å²) in [4.78, 5) is 2.32. The second-order valence-electron chi connectivity index (χ2n) is 6.28. The zero-order valence-corrected chi connectivity index (χ0v) is 13.4. The highest BCUT2D eigenvalue weighted by molar-refractivity contribution is 5.57. The predicted octanol–water partition coefficient (Wildman–Crippen LogP) is 3.59. The van der Waals surface area contributed by atoms with Gasteiger partial charge >= 0.3 is 0 Å². The summed E-state index contributed by atoms with van der Waals surface area (Å²) < 4.78 is 11.8. The van der Waals surface area contributed by atoms with Gasteiger partial charge in [-0.05, 0) is 37.6 Å². The molecule has 1 aliphatic heterocycles. The average Bonchev–Trinajstić information content (AvgIpc) is 2.86. The van der Waals surface area contributed by atoms with E-state index in [1.807, 2.05) is 6.07 Å². The van der Waals surface area contributed by atoms with Crippen LogP contribution in [0.15, 0.2) is 24.3 Å². The number of benzene rings is 1. The third-order valence-corrected chi connectivity index (χ3v) is 4.70. The smallest absolute Gasteiger partial charge is 0.165 e.